The van der Waals surface area contributed by atoms with Crippen molar-refractivity contribution in [2.75, 3.05) is 14.2 Å². The van der Waals surface area contributed by atoms with Crippen molar-refractivity contribution in [3.05, 3.63) is 91.3 Å². The van der Waals surface area contributed by atoms with Gasteiger partial charge in [0.15, 0.2) is 0 Å². The fraction of sp³-hybridized carbons (Fsp3) is 0.303. The number of nitrogens with zero attached hydrogens (tertiary/aromatic N) is 3. The van der Waals surface area contributed by atoms with Gasteiger partial charge in [-0.15, -0.1) is 0 Å². The highest BCUT2D eigenvalue weighted by molar-refractivity contribution is 6.24. The van der Waals surface area contributed by atoms with Crippen LogP contribution in [0.1, 0.15) is 52.0 Å². The van der Waals surface area contributed by atoms with Gasteiger partial charge in [0.25, 0.3) is 0 Å². The second-order valence-corrected chi connectivity index (χ2v) is 10.6. The number of methoxy groups -OCH3 is 2. The number of ether oxygens (including phenoxy) is 2. The quantitative estimate of drug-likeness (QED) is 0.393. The molecule has 0 unspecified atom stereocenters. The number of fused-ring (bicyclic) bond motifs is 5. The third kappa shape index (κ3) is 5.42. The number of carbonyl (C=O) groups is 2. The molecule has 0 aliphatic carbocycles. The first-order chi connectivity index (χ1) is 20.1. The van der Waals surface area contributed by atoms with Crippen molar-refractivity contribution in [1.82, 2.24) is 4.98 Å². The van der Waals surface area contributed by atoms with E-state index in [0.29, 0.717) is 41.2 Å². The van der Waals surface area contributed by atoms with E-state index in [1.165, 1.54) is 14.2 Å². The third-order valence-electron chi connectivity index (χ3n) is 8.02. The van der Waals surface area contributed by atoms with Gasteiger partial charge in [0.05, 0.1) is 54.7 Å². The molecule has 0 aromatic carbocycles. The summed E-state index contributed by atoms with van der Waals surface area (Å²) in [6.45, 7) is 7.93. The summed E-state index contributed by atoms with van der Waals surface area (Å²) in [6.07, 6.45) is 10.1. The van der Waals surface area contributed by atoms with Crippen LogP contribution in [-0.4, -0.2) is 53.4 Å². The number of hydrogen-bond acceptors (Lipinski definition) is 8. The largest absolute Gasteiger partial charge is 0.515 e. The summed E-state index contributed by atoms with van der Waals surface area (Å²) in [7, 11) is 2.76. The summed E-state index contributed by atoms with van der Waals surface area (Å²) in [5.41, 5.74) is 10.4. The highest BCUT2D eigenvalue weighted by Crippen LogP contribution is 2.35. The van der Waals surface area contributed by atoms with Crippen molar-refractivity contribution in [1.29, 1.82) is 0 Å². The summed E-state index contributed by atoms with van der Waals surface area (Å²) >= 11 is 0. The summed E-state index contributed by atoms with van der Waals surface area (Å²) in [6, 6.07) is 2.05. The molecule has 0 saturated heterocycles. The molecule has 1 aromatic rings. The number of aliphatic hydroxyl groups is 1. The van der Waals surface area contributed by atoms with E-state index < -0.39 is 0 Å². The Morgan fingerprint density at radius 1 is 0.786 bits per heavy atom. The lowest BCUT2D eigenvalue weighted by Crippen LogP contribution is -2.13. The lowest BCUT2D eigenvalue weighted by Gasteiger charge is -2.08. The molecule has 2 N–H and O–H groups in total. The Labute approximate surface area is 244 Å². The van der Waals surface area contributed by atoms with Gasteiger partial charge in [-0.05, 0) is 104 Å². The predicted molar refractivity (Wildman–Crippen MR) is 163 cm³/mol. The molecule has 0 saturated carbocycles. The molecular formula is C33H34N4O5. The van der Waals surface area contributed by atoms with E-state index in [1.807, 2.05) is 52.0 Å². The second kappa shape index (κ2) is 11.6. The molecule has 4 aliphatic heterocycles. The number of aromatic nitrogens is 1. The monoisotopic (exact) mass is 566 g/mol. The van der Waals surface area contributed by atoms with E-state index in [2.05, 4.69) is 11.1 Å². The highest BCUT2D eigenvalue weighted by atomic mass is 16.5. The minimum absolute atomic E-state index is 0.196. The van der Waals surface area contributed by atoms with E-state index in [4.69, 9.17) is 24.5 Å². The summed E-state index contributed by atoms with van der Waals surface area (Å²) < 4.78 is 9.81. The van der Waals surface area contributed by atoms with Crippen LogP contribution in [0, 0.1) is 6.92 Å². The molecule has 8 bridgehead atoms. The van der Waals surface area contributed by atoms with E-state index in [9.17, 15) is 14.7 Å². The molecular weight excluding hydrogens is 532 g/mol. The minimum atomic E-state index is -0.311. The first-order valence-corrected chi connectivity index (χ1v) is 13.8. The molecule has 216 valence electrons. The maximum atomic E-state index is 12.1. The lowest BCUT2D eigenvalue weighted by atomic mass is 9.96. The Morgan fingerprint density at radius 2 is 1.43 bits per heavy atom. The molecule has 5 rings (SSSR count). The zero-order valence-electron chi connectivity index (χ0n) is 24.7. The van der Waals surface area contributed by atoms with Crippen molar-refractivity contribution in [3.63, 3.8) is 0 Å². The normalized spacial score (nSPS) is 18.8. The minimum Gasteiger partial charge on any atom is -0.515 e. The third-order valence-corrected chi connectivity index (χ3v) is 8.02. The molecule has 0 fully saturated rings. The number of carbonyl (C=O) groups excluding carboxylic acids is 2. The van der Waals surface area contributed by atoms with E-state index in [1.54, 1.807) is 0 Å². The van der Waals surface area contributed by atoms with Crippen molar-refractivity contribution in [2.24, 2.45) is 15.0 Å². The number of esters is 2. The van der Waals surface area contributed by atoms with Gasteiger partial charge in [-0.3, -0.25) is 9.59 Å². The molecule has 5 heterocycles. The van der Waals surface area contributed by atoms with Crippen LogP contribution in [-0.2, 0) is 19.1 Å². The molecule has 0 radical (unpaired) electrons. The number of aliphatic hydroxyl groups excluding tert-OH is 1. The van der Waals surface area contributed by atoms with Gasteiger partial charge in [-0.2, -0.15) is 0 Å². The Morgan fingerprint density at radius 3 is 2.10 bits per heavy atom. The zero-order chi connectivity index (χ0) is 30.1. The van der Waals surface area contributed by atoms with E-state index >= 15 is 0 Å². The number of aliphatic imine (C=N–C) groups is 3. The SMILES string of the molecule is COC(=O)CCC1=C(C)C2=NC1=CC1=NC(=CC3=NC(=C(C)/C3=C\O)C=c3cc(C)c([nH]3)=C2)C(C)=C1CCC(=O)OC. The Bertz CT molecular complexity index is 1820. The van der Waals surface area contributed by atoms with E-state index in [0.717, 1.165) is 61.8 Å². The Balaban J connectivity index is 1.75. The molecule has 1 aromatic heterocycles. The van der Waals surface area contributed by atoms with E-state index in [-0.39, 0.29) is 24.8 Å². The van der Waals surface area contributed by atoms with Crippen molar-refractivity contribution < 1.29 is 24.2 Å². The average Bonchev–Trinajstić information content (AvgIpc) is 3.65. The van der Waals surface area contributed by atoms with Gasteiger partial charge in [-0.1, -0.05) is 0 Å². The van der Waals surface area contributed by atoms with Gasteiger partial charge >= 0.3 is 11.9 Å². The van der Waals surface area contributed by atoms with Crippen molar-refractivity contribution in [3.8, 4) is 0 Å². The molecule has 9 nitrogen and oxygen atoms in total. The number of aromatic amines is 1. The van der Waals surface area contributed by atoms with Crippen LogP contribution < -0.4 is 10.7 Å². The predicted octanol–water partition coefficient (Wildman–Crippen LogP) is 4.28. The van der Waals surface area contributed by atoms with Crippen LogP contribution >= 0.6 is 0 Å². The highest BCUT2D eigenvalue weighted by Gasteiger charge is 2.27. The second-order valence-electron chi connectivity index (χ2n) is 10.6. The Kier molecular flexibility index (Phi) is 7.93. The smallest absolute Gasteiger partial charge is 0.305 e. The summed E-state index contributed by atoms with van der Waals surface area (Å²) in [5.74, 6) is -0.605. The zero-order valence-corrected chi connectivity index (χ0v) is 24.7. The fourth-order valence-electron chi connectivity index (χ4n) is 5.45. The molecule has 9 heteroatoms. The molecule has 4 aliphatic rings. The van der Waals surface area contributed by atoms with Gasteiger partial charge in [0.1, 0.15) is 0 Å². The number of nitrogens with one attached hydrogen (secondary N) is 1. The molecule has 0 amide bonds. The summed E-state index contributed by atoms with van der Waals surface area (Å²) in [5, 5.41) is 11.9. The van der Waals surface area contributed by atoms with Gasteiger partial charge in [0, 0.05) is 29.1 Å². The van der Waals surface area contributed by atoms with Crippen molar-refractivity contribution in [2.45, 2.75) is 53.4 Å². The maximum Gasteiger partial charge on any atom is 0.305 e. The number of aryl methyl sites for hydroxylation is 1. The van der Waals surface area contributed by atoms with Crippen LogP contribution in [0.5, 0.6) is 0 Å². The fourth-order valence-corrected chi connectivity index (χ4v) is 5.45. The van der Waals surface area contributed by atoms with Gasteiger partial charge < -0.3 is 19.6 Å². The number of rotatable bonds is 6. The number of H-pyrrole nitrogens is 1. The van der Waals surface area contributed by atoms with Crippen LogP contribution in [0.3, 0.4) is 0 Å². The molecule has 0 spiro atoms. The summed E-state index contributed by atoms with van der Waals surface area (Å²) in [4.78, 5) is 42.4. The Hall–Kier alpha value is -4.79. The lowest BCUT2D eigenvalue weighted by molar-refractivity contribution is -0.141. The maximum absolute atomic E-state index is 12.1. The first-order valence-electron chi connectivity index (χ1n) is 13.8. The first kappa shape index (κ1) is 28.7. The van der Waals surface area contributed by atoms with Crippen LogP contribution in [0.25, 0.3) is 12.2 Å². The van der Waals surface area contributed by atoms with Crippen LogP contribution in [0.2, 0.25) is 0 Å². The van der Waals surface area contributed by atoms with Crippen molar-refractivity contribution >= 4 is 41.2 Å². The number of hydrogen-bond donors (Lipinski definition) is 2. The number of allylic oxidation sites excluding steroid dienone is 9. The average molecular weight is 567 g/mol. The van der Waals surface area contributed by atoms with Gasteiger partial charge in [0.2, 0.25) is 0 Å². The van der Waals surface area contributed by atoms with Crippen LogP contribution in [0.4, 0.5) is 0 Å². The van der Waals surface area contributed by atoms with Gasteiger partial charge in [-0.25, -0.2) is 15.0 Å². The molecule has 0 atom stereocenters. The topological polar surface area (TPSA) is 126 Å². The van der Waals surface area contributed by atoms with Crippen LogP contribution in [0.15, 0.2) is 90.0 Å². The molecule has 42 heavy (non-hydrogen) atoms. The standard InChI is InChI=1S/C33H34N4O5/c1-17-11-21-12-26-20(4)24(16-38)31(35-26)14-28-19(3)23(8-10-33(40)42-6)30(37-28)15-29-22(7-9-32(39)41-5)18(2)27(36-29)13-25(17)34-21/h11-16,34,38H,7-10H2,1-6H3/b21-12?,24-16+,25-13?,28-14?,29-15?.